The van der Waals surface area contributed by atoms with E-state index in [1.165, 1.54) is 13.2 Å². The number of benzene rings is 2. The molecule has 0 aliphatic carbocycles. The molecular formula is C17H12ClN3O4. The van der Waals surface area contributed by atoms with Gasteiger partial charge in [-0.2, -0.15) is 0 Å². The predicted molar refractivity (Wildman–Crippen MR) is 90.5 cm³/mol. The highest BCUT2D eigenvalue weighted by molar-refractivity contribution is 6.33. The van der Waals surface area contributed by atoms with E-state index in [0.717, 1.165) is 0 Å². The first-order valence-electron chi connectivity index (χ1n) is 7.17. The highest BCUT2D eigenvalue weighted by atomic mass is 35.5. The van der Waals surface area contributed by atoms with Crippen molar-refractivity contribution < 1.29 is 18.7 Å². The number of carbonyl (C=O) groups excluding carboxylic acids is 2. The van der Waals surface area contributed by atoms with Crippen LogP contribution >= 0.6 is 11.6 Å². The van der Waals surface area contributed by atoms with Gasteiger partial charge in [0, 0.05) is 0 Å². The van der Waals surface area contributed by atoms with Gasteiger partial charge in [-0.1, -0.05) is 35.9 Å². The molecule has 3 aromatic rings. The minimum absolute atomic E-state index is 0.122. The molecule has 0 aliphatic rings. The Morgan fingerprint density at radius 2 is 1.80 bits per heavy atom. The fraction of sp³-hybridized carbons (Fsp3) is 0.0588. The summed E-state index contributed by atoms with van der Waals surface area (Å²) >= 11 is 6.07. The van der Waals surface area contributed by atoms with E-state index in [1.807, 2.05) is 0 Å². The summed E-state index contributed by atoms with van der Waals surface area (Å²) in [4.78, 5) is 24.1. The van der Waals surface area contributed by atoms with Gasteiger partial charge < -0.3 is 14.5 Å². The molecule has 2 aromatic carbocycles. The standard InChI is InChI=1S/C17H12ClN3O4/c1-24-17(23)11-7-3-5-9-13(11)19-14(22)16-21-20-15(25-16)10-6-2-4-8-12(10)18/h2-9H,1H3,(H,19,22). The van der Waals surface area contributed by atoms with Gasteiger partial charge in [0.1, 0.15) is 0 Å². The third kappa shape index (κ3) is 3.51. The Labute approximate surface area is 147 Å². The van der Waals surface area contributed by atoms with Crippen LogP contribution in [0.3, 0.4) is 0 Å². The van der Waals surface area contributed by atoms with Gasteiger partial charge in [-0.3, -0.25) is 4.79 Å². The van der Waals surface area contributed by atoms with Crippen molar-refractivity contribution in [2.24, 2.45) is 0 Å². The van der Waals surface area contributed by atoms with Crippen molar-refractivity contribution in [2.45, 2.75) is 0 Å². The fourth-order valence-corrected chi connectivity index (χ4v) is 2.33. The Morgan fingerprint density at radius 3 is 2.56 bits per heavy atom. The molecule has 1 amide bonds. The topological polar surface area (TPSA) is 94.3 Å². The number of carbonyl (C=O) groups is 2. The SMILES string of the molecule is COC(=O)c1ccccc1NC(=O)c1nnc(-c2ccccc2Cl)o1. The summed E-state index contributed by atoms with van der Waals surface area (Å²) in [5, 5.41) is 10.5. The first-order valence-corrected chi connectivity index (χ1v) is 7.55. The summed E-state index contributed by atoms with van der Waals surface area (Å²) in [6, 6.07) is 13.3. The van der Waals surface area contributed by atoms with Crippen LogP contribution in [0.1, 0.15) is 21.0 Å². The summed E-state index contributed by atoms with van der Waals surface area (Å²) < 4.78 is 10.1. The van der Waals surface area contributed by atoms with Gasteiger partial charge in [0.25, 0.3) is 0 Å². The number of hydrogen-bond acceptors (Lipinski definition) is 6. The van der Waals surface area contributed by atoms with Crippen molar-refractivity contribution in [3.05, 3.63) is 65.0 Å². The lowest BCUT2D eigenvalue weighted by molar-refractivity contribution is 0.0602. The molecule has 0 fully saturated rings. The molecule has 0 unspecified atom stereocenters. The summed E-state index contributed by atoms with van der Waals surface area (Å²) in [7, 11) is 1.26. The lowest BCUT2D eigenvalue weighted by Crippen LogP contribution is -2.15. The van der Waals surface area contributed by atoms with Gasteiger partial charge in [-0.15, -0.1) is 10.2 Å². The van der Waals surface area contributed by atoms with Crippen molar-refractivity contribution in [2.75, 3.05) is 12.4 Å². The van der Waals surface area contributed by atoms with Crippen molar-refractivity contribution in [3.8, 4) is 11.5 Å². The number of amides is 1. The van der Waals surface area contributed by atoms with Crippen LogP contribution < -0.4 is 5.32 Å². The van der Waals surface area contributed by atoms with Gasteiger partial charge >= 0.3 is 17.8 Å². The van der Waals surface area contributed by atoms with Crippen LogP contribution in [0.4, 0.5) is 5.69 Å². The zero-order chi connectivity index (χ0) is 17.8. The number of rotatable bonds is 4. The number of halogens is 1. The lowest BCUT2D eigenvalue weighted by Gasteiger charge is -2.07. The summed E-state index contributed by atoms with van der Waals surface area (Å²) in [5.41, 5.74) is 1.01. The van der Waals surface area contributed by atoms with Crippen LogP contribution in [0.25, 0.3) is 11.5 Å². The second-order valence-electron chi connectivity index (χ2n) is 4.88. The molecule has 0 spiro atoms. The maximum Gasteiger partial charge on any atom is 0.339 e. The van der Waals surface area contributed by atoms with Crippen molar-refractivity contribution in [1.29, 1.82) is 0 Å². The summed E-state index contributed by atoms with van der Waals surface area (Å²) in [5.74, 6) is -1.35. The van der Waals surface area contributed by atoms with Crippen molar-refractivity contribution >= 4 is 29.2 Å². The molecule has 1 N–H and O–H groups in total. The molecule has 1 aromatic heterocycles. The van der Waals surface area contributed by atoms with E-state index < -0.39 is 11.9 Å². The van der Waals surface area contributed by atoms with Crippen LogP contribution in [-0.2, 0) is 4.74 Å². The van der Waals surface area contributed by atoms with E-state index in [1.54, 1.807) is 42.5 Å². The number of nitrogens with zero attached hydrogens (tertiary/aromatic N) is 2. The van der Waals surface area contributed by atoms with E-state index in [-0.39, 0.29) is 23.0 Å². The molecule has 7 nitrogen and oxygen atoms in total. The molecule has 126 valence electrons. The van der Waals surface area contributed by atoms with E-state index in [0.29, 0.717) is 10.6 Å². The molecule has 0 radical (unpaired) electrons. The molecule has 25 heavy (non-hydrogen) atoms. The zero-order valence-electron chi connectivity index (χ0n) is 13.0. The van der Waals surface area contributed by atoms with E-state index >= 15 is 0 Å². The largest absolute Gasteiger partial charge is 0.465 e. The van der Waals surface area contributed by atoms with Crippen LogP contribution in [0.15, 0.2) is 52.9 Å². The molecular weight excluding hydrogens is 346 g/mol. The highest BCUT2D eigenvalue weighted by Crippen LogP contribution is 2.26. The Balaban J connectivity index is 1.84. The monoisotopic (exact) mass is 357 g/mol. The summed E-state index contributed by atoms with van der Waals surface area (Å²) in [6.45, 7) is 0. The number of hydrogen-bond donors (Lipinski definition) is 1. The highest BCUT2D eigenvalue weighted by Gasteiger charge is 2.20. The number of anilines is 1. The smallest absolute Gasteiger partial charge is 0.339 e. The van der Waals surface area contributed by atoms with Gasteiger partial charge in [-0.05, 0) is 24.3 Å². The van der Waals surface area contributed by atoms with Crippen LogP contribution in [-0.4, -0.2) is 29.2 Å². The average Bonchev–Trinajstić information content (AvgIpc) is 3.12. The Morgan fingerprint density at radius 1 is 1.08 bits per heavy atom. The second-order valence-corrected chi connectivity index (χ2v) is 5.29. The number of esters is 1. The number of para-hydroxylation sites is 1. The Hall–Kier alpha value is -3.19. The second kappa shape index (κ2) is 7.14. The van der Waals surface area contributed by atoms with Crippen LogP contribution in [0.2, 0.25) is 5.02 Å². The van der Waals surface area contributed by atoms with Crippen molar-refractivity contribution in [3.63, 3.8) is 0 Å². The molecule has 1 heterocycles. The normalized spacial score (nSPS) is 10.3. The first kappa shape index (κ1) is 16.7. The van der Waals surface area contributed by atoms with Gasteiger partial charge in [-0.25, -0.2) is 4.79 Å². The predicted octanol–water partition coefficient (Wildman–Crippen LogP) is 3.43. The number of ether oxygens (including phenoxy) is 1. The fourth-order valence-electron chi connectivity index (χ4n) is 2.11. The van der Waals surface area contributed by atoms with E-state index in [4.69, 9.17) is 16.0 Å². The maximum atomic E-state index is 12.3. The zero-order valence-corrected chi connectivity index (χ0v) is 13.8. The van der Waals surface area contributed by atoms with Gasteiger partial charge in [0.05, 0.1) is 28.9 Å². The number of aromatic nitrogens is 2. The molecule has 3 rings (SSSR count). The minimum atomic E-state index is -0.651. The number of nitrogens with one attached hydrogen (secondary N) is 1. The first-order chi connectivity index (χ1) is 12.1. The maximum absolute atomic E-state index is 12.3. The summed E-state index contributed by atoms with van der Waals surface area (Å²) in [6.07, 6.45) is 0. The lowest BCUT2D eigenvalue weighted by atomic mass is 10.2. The quantitative estimate of drug-likeness (QED) is 0.719. The third-order valence-electron chi connectivity index (χ3n) is 3.30. The van der Waals surface area contributed by atoms with Crippen LogP contribution in [0, 0.1) is 0 Å². The van der Waals surface area contributed by atoms with Gasteiger partial charge in [0.15, 0.2) is 0 Å². The van der Waals surface area contributed by atoms with E-state index in [2.05, 4.69) is 20.3 Å². The van der Waals surface area contributed by atoms with E-state index in [9.17, 15) is 9.59 Å². The molecule has 0 saturated heterocycles. The van der Waals surface area contributed by atoms with Crippen molar-refractivity contribution in [1.82, 2.24) is 10.2 Å². The average molecular weight is 358 g/mol. The molecule has 0 aliphatic heterocycles. The number of methoxy groups -OCH3 is 1. The van der Waals surface area contributed by atoms with Crippen LogP contribution in [0.5, 0.6) is 0 Å². The molecule has 8 heteroatoms. The Bertz CT molecular complexity index is 939. The third-order valence-corrected chi connectivity index (χ3v) is 3.63. The molecule has 0 bridgehead atoms. The molecule has 0 saturated carbocycles. The molecule has 0 atom stereocenters. The van der Waals surface area contributed by atoms with Gasteiger partial charge in [0.2, 0.25) is 5.89 Å². The Kier molecular flexibility index (Phi) is 4.76. The minimum Gasteiger partial charge on any atom is -0.465 e.